The number of alkyl halides is 1. The van der Waals surface area contributed by atoms with E-state index in [1.807, 2.05) is 11.8 Å². The number of amides is 1. The summed E-state index contributed by atoms with van der Waals surface area (Å²) in [4.78, 5) is 14.3. The van der Waals surface area contributed by atoms with Crippen molar-refractivity contribution in [1.29, 1.82) is 0 Å². The third-order valence-corrected chi connectivity index (χ3v) is 3.60. The summed E-state index contributed by atoms with van der Waals surface area (Å²) >= 11 is 3.41. The van der Waals surface area contributed by atoms with E-state index in [4.69, 9.17) is 4.74 Å². The number of carbonyl (C=O) groups excluding carboxylic acids is 1. The molecule has 86 valence electrons. The lowest BCUT2D eigenvalue weighted by Crippen LogP contribution is -2.48. The Morgan fingerprint density at radius 2 is 2.33 bits per heavy atom. The molecule has 3 nitrogen and oxygen atoms in total. The molecule has 4 heteroatoms. The zero-order valence-electron chi connectivity index (χ0n) is 9.17. The van der Waals surface area contributed by atoms with Gasteiger partial charge < -0.3 is 9.64 Å². The van der Waals surface area contributed by atoms with Gasteiger partial charge in [-0.3, -0.25) is 4.79 Å². The third kappa shape index (κ3) is 2.36. The van der Waals surface area contributed by atoms with E-state index in [1.165, 1.54) is 0 Å². The van der Waals surface area contributed by atoms with Gasteiger partial charge in [0, 0.05) is 24.5 Å². The lowest BCUT2D eigenvalue weighted by atomic mass is 10.0. The number of hydrogen-bond donors (Lipinski definition) is 0. The zero-order valence-corrected chi connectivity index (χ0v) is 10.8. The minimum Gasteiger partial charge on any atom is -0.365 e. The highest BCUT2D eigenvalue weighted by Gasteiger charge is 2.44. The molecule has 1 amide bonds. The molecular weight excluding hydrogens is 258 g/mol. The number of nitrogens with zero attached hydrogens (tertiary/aromatic N) is 1. The van der Waals surface area contributed by atoms with Crippen LogP contribution in [0.3, 0.4) is 0 Å². The van der Waals surface area contributed by atoms with Crippen molar-refractivity contribution in [2.45, 2.75) is 44.2 Å². The van der Waals surface area contributed by atoms with Crippen molar-refractivity contribution in [3.05, 3.63) is 0 Å². The molecule has 1 unspecified atom stereocenters. The Bertz CT molecular complexity index is 247. The largest absolute Gasteiger partial charge is 0.365 e. The van der Waals surface area contributed by atoms with Gasteiger partial charge in [0.25, 0.3) is 5.91 Å². The van der Waals surface area contributed by atoms with Crippen molar-refractivity contribution in [3.63, 3.8) is 0 Å². The van der Waals surface area contributed by atoms with Gasteiger partial charge in [0.15, 0.2) is 0 Å². The van der Waals surface area contributed by atoms with Crippen LogP contribution in [0.1, 0.15) is 32.6 Å². The van der Waals surface area contributed by atoms with Crippen LogP contribution in [0.4, 0.5) is 0 Å². The van der Waals surface area contributed by atoms with Gasteiger partial charge in [0.2, 0.25) is 0 Å². The van der Waals surface area contributed by atoms with E-state index in [1.54, 1.807) is 0 Å². The summed E-state index contributed by atoms with van der Waals surface area (Å²) in [6.07, 6.45) is 4.20. The van der Waals surface area contributed by atoms with Crippen molar-refractivity contribution < 1.29 is 9.53 Å². The van der Waals surface area contributed by atoms with Crippen LogP contribution < -0.4 is 0 Å². The molecule has 0 spiro atoms. The van der Waals surface area contributed by atoms with Gasteiger partial charge >= 0.3 is 0 Å². The van der Waals surface area contributed by atoms with Crippen LogP contribution in [0.5, 0.6) is 0 Å². The molecule has 1 heterocycles. The molecule has 0 radical (unpaired) electrons. The lowest BCUT2D eigenvalue weighted by Gasteiger charge is -2.30. The fourth-order valence-electron chi connectivity index (χ4n) is 2.18. The summed E-state index contributed by atoms with van der Waals surface area (Å²) in [6.45, 7) is 3.48. The van der Waals surface area contributed by atoms with E-state index >= 15 is 0 Å². The van der Waals surface area contributed by atoms with E-state index < -0.39 is 5.60 Å². The van der Waals surface area contributed by atoms with E-state index in [2.05, 4.69) is 15.9 Å². The van der Waals surface area contributed by atoms with Crippen LogP contribution in [0, 0.1) is 0 Å². The second kappa shape index (κ2) is 4.42. The van der Waals surface area contributed by atoms with Gasteiger partial charge in [-0.2, -0.15) is 0 Å². The first-order chi connectivity index (χ1) is 7.17. The molecule has 1 saturated carbocycles. The molecule has 0 aromatic heterocycles. The van der Waals surface area contributed by atoms with Crippen molar-refractivity contribution in [2.75, 3.05) is 18.5 Å². The molecule has 0 N–H and O–H groups in total. The molecule has 1 aliphatic heterocycles. The number of carbonyl (C=O) groups is 1. The molecular formula is C11H18BrNO2. The predicted molar refractivity (Wildman–Crippen MR) is 62.1 cm³/mol. The highest BCUT2D eigenvalue weighted by Crippen LogP contribution is 2.33. The quantitative estimate of drug-likeness (QED) is 0.734. The first-order valence-corrected chi connectivity index (χ1v) is 6.80. The van der Waals surface area contributed by atoms with Crippen LogP contribution in [0.25, 0.3) is 0 Å². The topological polar surface area (TPSA) is 29.5 Å². The summed E-state index contributed by atoms with van der Waals surface area (Å²) in [6, 6.07) is 0.482. The van der Waals surface area contributed by atoms with Crippen molar-refractivity contribution in [3.8, 4) is 0 Å². The lowest BCUT2D eigenvalue weighted by molar-refractivity contribution is -0.151. The second-order valence-corrected chi connectivity index (χ2v) is 5.39. The monoisotopic (exact) mass is 275 g/mol. The maximum atomic E-state index is 12.3. The molecule has 1 atom stereocenters. The first kappa shape index (κ1) is 11.4. The molecule has 2 rings (SSSR count). The molecule has 0 aromatic rings. The minimum absolute atomic E-state index is 0.196. The second-order valence-electron chi connectivity index (χ2n) is 4.60. The molecule has 2 fully saturated rings. The fraction of sp³-hybridized carbons (Fsp3) is 0.909. The standard InChI is InChI=1S/C11H18BrNO2/c1-11(5-2-8-15-11)10(14)13(7-6-12)9-3-4-9/h9H,2-8H2,1H3. The average Bonchev–Trinajstić information content (AvgIpc) is 2.97. The third-order valence-electron chi connectivity index (χ3n) is 3.25. The summed E-state index contributed by atoms with van der Waals surface area (Å²) < 4.78 is 5.60. The molecule has 0 bridgehead atoms. The SMILES string of the molecule is CC1(C(=O)N(CCBr)C2CC2)CCCO1. The minimum atomic E-state index is -0.537. The summed E-state index contributed by atoms with van der Waals surface area (Å²) in [5.41, 5.74) is -0.537. The highest BCUT2D eigenvalue weighted by atomic mass is 79.9. The fourth-order valence-corrected chi connectivity index (χ4v) is 2.56. The molecule has 2 aliphatic rings. The maximum absolute atomic E-state index is 12.3. The highest BCUT2D eigenvalue weighted by molar-refractivity contribution is 9.09. The van der Waals surface area contributed by atoms with E-state index in [0.717, 1.165) is 44.2 Å². The van der Waals surface area contributed by atoms with Crippen LogP contribution >= 0.6 is 15.9 Å². The Balaban J connectivity index is 2.02. The van der Waals surface area contributed by atoms with Gasteiger partial charge in [-0.25, -0.2) is 0 Å². The maximum Gasteiger partial charge on any atom is 0.254 e. The summed E-state index contributed by atoms with van der Waals surface area (Å²) in [5.74, 6) is 0.196. The number of ether oxygens (including phenoxy) is 1. The smallest absolute Gasteiger partial charge is 0.254 e. The Labute approximate surface area is 99.3 Å². The average molecular weight is 276 g/mol. The van der Waals surface area contributed by atoms with Crippen molar-refractivity contribution in [2.24, 2.45) is 0 Å². The van der Waals surface area contributed by atoms with Gasteiger partial charge in [-0.05, 0) is 32.6 Å². The number of halogens is 1. The number of hydrogen-bond acceptors (Lipinski definition) is 2. The Hall–Kier alpha value is -0.0900. The van der Waals surface area contributed by atoms with Crippen molar-refractivity contribution >= 4 is 21.8 Å². The molecule has 1 saturated heterocycles. The van der Waals surface area contributed by atoms with Crippen LogP contribution in [0.2, 0.25) is 0 Å². The van der Waals surface area contributed by atoms with Gasteiger partial charge in [0.1, 0.15) is 5.60 Å². The Kier molecular flexibility index (Phi) is 3.36. The Morgan fingerprint density at radius 3 is 2.80 bits per heavy atom. The van der Waals surface area contributed by atoms with E-state index in [9.17, 15) is 4.79 Å². The zero-order chi connectivity index (χ0) is 10.9. The Morgan fingerprint density at radius 1 is 1.60 bits per heavy atom. The van der Waals surface area contributed by atoms with Gasteiger partial charge in [0.05, 0.1) is 0 Å². The van der Waals surface area contributed by atoms with E-state index in [-0.39, 0.29) is 5.91 Å². The molecule has 15 heavy (non-hydrogen) atoms. The molecule has 0 aromatic carbocycles. The van der Waals surface area contributed by atoms with Crippen molar-refractivity contribution in [1.82, 2.24) is 4.90 Å². The predicted octanol–water partition coefficient (Wildman–Crippen LogP) is 1.94. The summed E-state index contributed by atoms with van der Waals surface area (Å²) in [5, 5.41) is 0.852. The first-order valence-electron chi connectivity index (χ1n) is 5.68. The number of rotatable bonds is 4. The van der Waals surface area contributed by atoms with Gasteiger partial charge in [-0.15, -0.1) is 0 Å². The van der Waals surface area contributed by atoms with E-state index in [0.29, 0.717) is 6.04 Å². The van der Waals surface area contributed by atoms with Crippen LogP contribution in [0.15, 0.2) is 0 Å². The van der Waals surface area contributed by atoms with Gasteiger partial charge in [-0.1, -0.05) is 15.9 Å². The van der Waals surface area contributed by atoms with Crippen LogP contribution in [-0.4, -0.2) is 40.9 Å². The van der Waals surface area contributed by atoms with Crippen LogP contribution in [-0.2, 0) is 9.53 Å². The summed E-state index contributed by atoms with van der Waals surface area (Å²) in [7, 11) is 0. The molecule has 1 aliphatic carbocycles. The normalized spacial score (nSPS) is 30.5.